The maximum absolute atomic E-state index is 10.8. The van der Waals surface area contributed by atoms with Crippen LogP contribution in [0.15, 0.2) is 24.5 Å². The number of methoxy groups -OCH3 is 1. The zero-order valence-corrected chi connectivity index (χ0v) is 15.7. The van der Waals surface area contributed by atoms with E-state index in [0.717, 1.165) is 48.4 Å². The van der Waals surface area contributed by atoms with E-state index in [-0.39, 0.29) is 6.61 Å². The zero-order valence-electron chi connectivity index (χ0n) is 14.7. The normalized spacial score (nSPS) is 18.0. The van der Waals surface area contributed by atoms with Gasteiger partial charge >= 0.3 is 8.25 Å². The van der Waals surface area contributed by atoms with Gasteiger partial charge in [0.15, 0.2) is 0 Å². The van der Waals surface area contributed by atoms with Crippen molar-refractivity contribution in [3.05, 3.63) is 24.5 Å². The van der Waals surface area contributed by atoms with Crippen LogP contribution in [0, 0.1) is 5.92 Å². The molecule has 1 aromatic carbocycles. The summed E-state index contributed by atoms with van der Waals surface area (Å²) in [6.07, 6.45) is 3.37. The Morgan fingerprint density at radius 1 is 1.35 bits per heavy atom. The van der Waals surface area contributed by atoms with Crippen LogP contribution in [-0.4, -0.2) is 52.9 Å². The van der Waals surface area contributed by atoms with Crippen LogP contribution in [0.25, 0.3) is 10.9 Å². The molecule has 2 heterocycles. The minimum atomic E-state index is -3.03. The molecular weight excluding hydrogens is 357 g/mol. The van der Waals surface area contributed by atoms with Gasteiger partial charge in [-0.25, -0.2) is 9.97 Å². The predicted molar refractivity (Wildman–Crippen MR) is 98.8 cm³/mol. The van der Waals surface area contributed by atoms with Crippen molar-refractivity contribution in [2.75, 3.05) is 31.7 Å². The quantitative estimate of drug-likeness (QED) is 0.702. The number of piperidine rings is 1. The molecule has 1 fully saturated rings. The number of para-hydroxylation sites is 1. The molecule has 0 bridgehead atoms. The van der Waals surface area contributed by atoms with Crippen molar-refractivity contribution in [1.82, 2.24) is 9.97 Å². The molecule has 0 saturated carbocycles. The number of aromatic nitrogens is 2. The van der Waals surface area contributed by atoms with Gasteiger partial charge in [-0.1, -0.05) is 6.07 Å². The van der Waals surface area contributed by atoms with E-state index in [4.69, 9.17) is 14.2 Å². The fourth-order valence-corrected chi connectivity index (χ4v) is 3.97. The van der Waals surface area contributed by atoms with E-state index in [9.17, 15) is 9.67 Å². The Kier molecular flexibility index (Phi) is 6.43. The summed E-state index contributed by atoms with van der Waals surface area (Å²) in [7, 11) is -1.40. The van der Waals surface area contributed by atoms with Gasteiger partial charge in [-0.2, -0.15) is 0 Å². The lowest BCUT2D eigenvalue weighted by atomic mass is 9.91. The van der Waals surface area contributed by atoms with Gasteiger partial charge in [0.25, 0.3) is 0 Å². The first kappa shape index (κ1) is 19.0. The molecule has 26 heavy (non-hydrogen) atoms. The number of aliphatic hydroxyl groups is 1. The fourth-order valence-electron chi connectivity index (χ4n) is 3.52. The van der Waals surface area contributed by atoms with E-state index in [2.05, 4.69) is 14.9 Å². The summed E-state index contributed by atoms with van der Waals surface area (Å²) < 4.78 is 21.1. The number of ether oxygens (including phenoxy) is 1. The Balaban J connectivity index is 1.69. The van der Waals surface area contributed by atoms with E-state index in [1.807, 2.05) is 18.2 Å². The first-order valence-corrected chi connectivity index (χ1v) is 9.91. The SMILES string of the molecule is COc1cccc2c(N3CCC(CC(CO)O[PH](=O)O)CC3)ncnc12. The number of hydrogen-bond donors (Lipinski definition) is 2. The fraction of sp³-hybridized carbons (Fsp3) is 0.529. The standard InChI is InChI=1S/C17H24N3O5P/c1-24-15-4-2-3-14-16(15)18-11-19-17(14)20-7-5-12(6-8-20)9-13(10-21)25-26(22)23/h2-4,11-13,21,26H,5-10H2,1H3,(H,22,23). The van der Waals surface area contributed by atoms with E-state index < -0.39 is 14.4 Å². The molecule has 2 atom stereocenters. The van der Waals surface area contributed by atoms with Gasteiger partial charge in [0.2, 0.25) is 0 Å². The maximum Gasteiger partial charge on any atom is 0.316 e. The molecule has 9 heteroatoms. The van der Waals surface area contributed by atoms with Crippen LogP contribution in [0.3, 0.4) is 0 Å². The molecule has 0 amide bonds. The molecule has 2 N–H and O–H groups in total. The highest BCUT2D eigenvalue weighted by molar-refractivity contribution is 7.32. The van der Waals surface area contributed by atoms with Crippen molar-refractivity contribution in [3.63, 3.8) is 0 Å². The van der Waals surface area contributed by atoms with Crippen molar-refractivity contribution < 1.29 is 23.8 Å². The summed E-state index contributed by atoms with van der Waals surface area (Å²) in [6.45, 7) is 1.40. The summed E-state index contributed by atoms with van der Waals surface area (Å²) in [5.41, 5.74) is 0.795. The van der Waals surface area contributed by atoms with Crippen molar-refractivity contribution in [1.29, 1.82) is 0 Å². The third kappa shape index (κ3) is 4.32. The van der Waals surface area contributed by atoms with Gasteiger partial charge in [-0.05, 0) is 37.3 Å². The Hall–Kier alpha value is -1.73. The molecular formula is C17H24N3O5P. The predicted octanol–water partition coefficient (Wildman–Crippen LogP) is 2.00. The highest BCUT2D eigenvalue weighted by Gasteiger charge is 2.25. The van der Waals surface area contributed by atoms with E-state index in [1.165, 1.54) is 0 Å². The Labute approximate surface area is 152 Å². The lowest BCUT2D eigenvalue weighted by Crippen LogP contribution is -2.36. The van der Waals surface area contributed by atoms with E-state index >= 15 is 0 Å². The van der Waals surface area contributed by atoms with Gasteiger partial charge in [-0.3, -0.25) is 4.57 Å². The van der Waals surface area contributed by atoms with Gasteiger partial charge in [-0.15, -0.1) is 0 Å². The molecule has 0 aliphatic carbocycles. The summed E-state index contributed by atoms with van der Waals surface area (Å²) in [5.74, 6) is 1.96. The molecule has 0 spiro atoms. The smallest absolute Gasteiger partial charge is 0.316 e. The van der Waals surface area contributed by atoms with Crippen molar-refractivity contribution in [3.8, 4) is 5.75 Å². The Bertz CT molecular complexity index is 767. The number of fused-ring (bicyclic) bond motifs is 1. The molecule has 2 aromatic rings. The Morgan fingerprint density at radius 2 is 2.12 bits per heavy atom. The van der Waals surface area contributed by atoms with Crippen LogP contribution in [0.4, 0.5) is 5.82 Å². The number of benzene rings is 1. The van der Waals surface area contributed by atoms with Crippen LogP contribution in [-0.2, 0) is 9.09 Å². The third-order valence-corrected chi connectivity index (χ3v) is 5.34. The van der Waals surface area contributed by atoms with Gasteiger partial charge in [0.1, 0.15) is 23.4 Å². The second-order valence-corrected chi connectivity index (χ2v) is 7.18. The van der Waals surface area contributed by atoms with Crippen molar-refractivity contribution in [2.24, 2.45) is 5.92 Å². The molecule has 1 aromatic heterocycles. The number of nitrogens with zero attached hydrogens (tertiary/aromatic N) is 3. The molecule has 1 saturated heterocycles. The average molecular weight is 381 g/mol. The molecule has 2 unspecified atom stereocenters. The molecule has 0 radical (unpaired) electrons. The summed E-state index contributed by atoms with van der Waals surface area (Å²) in [5, 5.41) is 10.3. The van der Waals surface area contributed by atoms with Crippen LogP contribution in [0.2, 0.25) is 0 Å². The second kappa shape index (κ2) is 8.77. The highest BCUT2D eigenvalue weighted by atomic mass is 31.1. The van der Waals surface area contributed by atoms with E-state index in [1.54, 1.807) is 13.4 Å². The zero-order chi connectivity index (χ0) is 18.5. The minimum absolute atomic E-state index is 0.243. The number of anilines is 1. The molecule has 8 nitrogen and oxygen atoms in total. The van der Waals surface area contributed by atoms with E-state index in [0.29, 0.717) is 12.3 Å². The average Bonchev–Trinajstić information content (AvgIpc) is 2.66. The molecule has 142 valence electrons. The second-order valence-electron chi connectivity index (χ2n) is 6.41. The van der Waals surface area contributed by atoms with Crippen LogP contribution in [0.1, 0.15) is 19.3 Å². The van der Waals surface area contributed by atoms with Gasteiger partial charge in [0, 0.05) is 18.5 Å². The van der Waals surface area contributed by atoms with Gasteiger partial charge in [0.05, 0.1) is 19.8 Å². The maximum atomic E-state index is 10.8. The summed E-state index contributed by atoms with van der Waals surface area (Å²) in [6, 6.07) is 5.81. The monoisotopic (exact) mass is 381 g/mol. The highest BCUT2D eigenvalue weighted by Crippen LogP contribution is 2.33. The van der Waals surface area contributed by atoms with Crippen LogP contribution < -0.4 is 9.64 Å². The topological polar surface area (TPSA) is 105 Å². The van der Waals surface area contributed by atoms with Crippen LogP contribution in [0.5, 0.6) is 5.75 Å². The lowest BCUT2D eigenvalue weighted by Gasteiger charge is -2.34. The largest absolute Gasteiger partial charge is 0.494 e. The number of aliphatic hydroxyl groups excluding tert-OH is 1. The Morgan fingerprint density at radius 3 is 2.77 bits per heavy atom. The minimum Gasteiger partial charge on any atom is -0.494 e. The molecule has 1 aliphatic heterocycles. The lowest BCUT2D eigenvalue weighted by molar-refractivity contribution is 0.0860. The first-order valence-electron chi connectivity index (χ1n) is 8.65. The molecule has 1 aliphatic rings. The molecule has 3 rings (SSSR count). The van der Waals surface area contributed by atoms with Crippen LogP contribution >= 0.6 is 8.25 Å². The number of rotatable bonds is 7. The van der Waals surface area contributed by atoms with Crippen molar-refractivity contribution in [2.45, 2.75) is 25.4 Å². The summed E-state index contributed by atoms with van der Waals surface area (Å²) >= 11 is 0. The number of hydrogen-bond acceptors (Lipinski definition) is 7. The van der Waals surface area contributed by atoms with Crippen molar-refractivity contribution >= 4 is 25.0 Å². The summed E-state index contributed by atoms with van der Waals surface area (Å²) in [4.78, 5) is 19.9. The first-order chi connectivity index (χ1) is 12.6. The third-order valence-electron chi connectivity index (χ3n) is 4.81. The van der Waals surface area contributed by atoms with Gasteiger partial charge < -0.3 is 24.2 Å².